The molecule has 21 heavy (non-hydrogen) atoms. The van der Waals surface area contributed by atoms with E-state index >= 15 is 0 Å². The van der Waals surface area contributed by atoms with Crippen LogP contribution in [0.25, 0.3) is 11.2 Å². The number of fused-ring (bicyclic) bond motifs is 1. The number of imidazole rings is 1. The third kappa shape index (κ3) is 2.52. The van der Waals surface area contributed by atoms with Gasteiger partial charge in [0.15, 0.2) is 5.65 Å². The van der Waals surface area contributed by atoms with E-state index in [-0.39, 0.29) is 17.8 Å². The fourth-order valence-corrected chi connectivity index (χ4v) is 2.94. The van der Waals surface area contributed by atoms with E-state index in [0.717, 1.165) is 16.9 Å². The third-order valence-electron chi connectivity index (χ3n) is 3.85. The van der Waals surface area contributed by atoms with Crippen LogP contribution in [0.5, 0.6) is 0 Å². The summed E-state index contributed by atoms with van der Waals surface area (Å²) < 4.78 is 3.67. The number of aryl methyl sites for hydroxylation is 2. The normalized spacial score (nSPS) is 12.9. The highest BCUT2D eigenvalue weighted by atomic mass is 35.5. The molecule has 0 saturated heterocycles. The maximum absolute atomic E-state index is 12.6. The van der Waals surface area contributed by atoms with E-state index in [1.165, 1.54) is 0 Å². The Balaban J connectivity index is 2.56. The van der Waals surface area contributed by atoms with Crippen molar-refractivity contribution in [2.75, 3.05) is 13.1 Å². The topological polar surface area (TPSA) is 56.0 Å². The number of hydrogen-bond donors (Lipinski definition) is 0. The summed E-state index contributed by atoms with van der Waals surface area (Å²) in [6.07, 6.45) is 0. The number of halogens is 1. The Kier molecular flexibility index (Phi) is 4.56. The third-order valence-corrected chi connectivity index (χ3v) is 4.09. The molecule has 1 unspecified atom stereocenters. The largest absolute Gasteiger partial charge is 0.341 e. The average Bonchev–Trinajstić information content (AvgIpc) is 2.98. The Morgan fingerprint density at radius 3 is 2.52 bits per heavy atom. The fourth-order valence-electron chi connectivity index (χ4n) is 2.75. The zero-order valence-electron chi connectivity index (χ0n) is 13.2. The van der Waals surface area contributed by atoms with Crippen molar-refractivity contribution < 1.29 is 4.79 Å². The Morgan fingerprint density at radius 2 is 2.00 bits per heavy atom. The minimum absolute atomic E-state index is 0.0736. The molecule has 116 valence electrons. The smallest absolute Gasteiger partial charge is 0.245 e. The summed E-state index contributed by atoms with van der Waals surface area (Å²) in [5.41, 5.74) is 2.50. The molecule has 0 aromatic carbocycles. The van der Waals surface area contributed by atoms with Crippen LogP contribution < -0.4 is 0 Å². The summed E-state index contributed by atoms with van der Waals surface area (Å²) in [5.74, 6) is 1.05. The van der Waals surface area contributed by atoms with Crippen LogP contribution >= 0.6 is 11.6 Å². The molecule has 2 aromatic rings. The fraction of sp³-hybridized carbons (Fsp3) is 0.643. The van der Waals surface area contributed by atoms with E-state index in [1.54, 1.807) is 4.68 Å². The lowest BCUT2D eigenvalue weighted by Gasteiger charge is -2.24. The molecule has 0 bridgehead atoms. The van der Waals surface area contributed by atoms with Crippen LogP contribution in [0.4, 0.5) is 0 Å². The van der Waals surface area contributed by atoms with Gasteiger partial charge in [-0.05, 0) is 27.7 Å². The molecule has 0 aliphatic heterocycles. The zero-order chi connectivity index (χ0) is 15.7. The molecule has 0 aliphatic rings. The first-order valence-electron chi connectivity index (χ1n) is 7.21. The molecule has 1 atom stereocenters. The standard InChI is InChI=1S/C14H22ClN5O/c1-6-19(7-2)14(21)10(4)20-11(8-15)16-12-9(3)17-18(5)13(12)20/h10H,6-8H2,1-5H3. The Hall–Kier alpha value is -1.56. The van der Waals surface area contributed by atoms with Gasteiger partial charge in [-0.3, -0.25) is 14.0 Å². The van der Waals surface area contributed by atoms with Gasteiger partial charge < -0.3 is 4.90 Å². The van der Waals surface area contributed by atoms with Crippen LogP contribution in [-0.4, -0.2) is 43.2 Å². The van der Waals surface area contributed by atoms with Gasteiger partial charge in [-0.25, -0.2) is 4.98 Å². The van der Waals surface area contributed by atoms with Crippen molar-refractivity contribution in [1.29, 1.82) is 0 Å². The minimum Gasteiger partial charge on any atom is -0.341 e. The van der Waals surface area contributed by atoms with E-state index in [2.05, 4.69) is 10.1 Å². The van der Waals surface area contributed by atoms with Crippen LogP contribution in [0.2, 0.25) is 0 Å². The highest BCUT2D eigenvalue weighted by molar-refractivity contribution is 6.16. The van der Waals surface area contributed by atoms with Crippen molar-refractivity contribution in [3.63, 3.8) is 0 Å². The Labute approximate surface area is 129 Å². The summed E-state index contributed by atoms with van der Waals surface area (Å²) in [6.45, 7) is 9.15. The van der Waals surface area contributed by atoms with Gasteiger partial charge in [-0.15, -0.1) is 11.6 Å². The molecule has 0 N–H and O–H groups in total. The van der Waals surface area contributed by atoms with Gasteiger partial charge >= 0.3 is 0 Å². The number of hydrogen-bond acceptors (Lipinski definition) is 3. The van der Waals surface area contributed by atoms with E-state index in [4.69, 9.17) is 11.6 Å². The number of likely N-dealkylation sites (N-methyl/N-ethyl adjacent to an activating group) is 1. The Morgan fingerprint density at radius 1 is 1.38 bits per heavy atom. The SMILES string of the molecule is CCN(CC)C(=O)C(C)n1c(CCl)nc2c(C)nn(C)c21. The van der Waals surface area contributed by atoms with Gasteiger partial charge in [-0.1, -0.05) is 0 Å². The zero-order valence-corrected chi connectivity index (χ0v) is 14.0. The van der Waals surface area contributed by atoms with E-state index in [0.29, 0.717) is 18.9 Å². The first kappa shape index (κ1) is 15.8. The summed E-state index contributed by atoms with van der Waals surface area (Å²) in [4.78, 5) is 19.0. The molecule has 2 rings (SSSR count). The molecule has 2 heterocycles. The minimum atomic E-state index is -0.349. The number of carbonyl (C=O) groups is 1. The van der Waals surface area contributed by atoms with Crippen molar-refractivity contribution in [2.45, 2.75) is 39.6 Å². The molecular formula is C14H22ClN5O. The van der Waals surface area contributed by atoms with Gasteiger partial charge in [-0.2, -0.15) is 5.10 Å². The second kappa shape index (κ2) is 6.05. The van der Waals surface area contributed by atoms with E-state index in [9.17, 15) is 4.79 Å². The van der Waals surface area contributed by atoms with Crippen LogP contribution in [0, 0.1) is 6.92 Å². The lowest BCUT2D eigenvalue weighted by Crippen LogP contribution is -2.36. The van der Waals surface area contributed by atoms with Crippen molar-refractivity contribution in [2.24, 2.45) is 7.05 Å². The maximum atomic E-state index is 12.6. The van der Waals surface area contributed by atoms with Gasteiger partial charge in [0.2, 0.25) is 5.91 Å². The number of aromatic nitrogens is 4. The quantitative estimate of drug-likeness (QED) is 0.796. The van der Waals surface area contributed by atoms with Crippen molar-refractivity contribution >= 4 is 28.7 Å². The maximum Gasteiger partial charge on any atom is 0.245 e. The highest BCUT2D eigenvalue weighted by Gasteiger charge is 2.26. The number of amides is 1. The van der Waals surface area contributed by atoms with Crippen LogP contribution in [0.15, 0.2) is 0 Å². The Bertz CT molecular complexity index is 656. The molecule has 0 saturated carbocycles. The number of rotatable bonds is 5. The lowest BCUT2D eigenvalue weighted by atomic mass is 10.2. The molecule has 0 fully saturated rings. The van der Waals surface area contributed by atoms with Crippen LogP contribution in [0.3, 0.4) is 0 Å². The summed E-state index contributed by atoms with van der Waals surface area (Å²) in [5, 5.41) is 4.38. The summed E-state index contributed by atoms with van der Waals surface area (Å²) >= 11 is 6.02. The predicted molar refractivity (Wildman–Crippen MR) is 83.4 cm³/mol. The molecule has 6 nitrogen and oxygen atoms in total. The molecule has 0 aliphatic carbocycles. The summed E-state index contributed by atoms with van der Waals surface area (Å²) in [7, 11) is 1.86. The predicted octanol–water partition coefficient (Wildman–Crippen LogP) is 2.25. The lowest BCUT2D eigenvalue weighted by molar-refractivity contribution is -0.133. The van der Waals surface area contributed by atoms with E-state index in [1.807, 2.05) is 44.2 Å². The van der Waals surface area contributed by atoms with Crippen molar-refractivity contribution in [1.82, 2.24) is 24.2 Å². The molecule has 2 aromatic heterocycles. The van der Waals surface area contributed by atoms with Gasteiger partial charge in [0.05, 0.1) is 11.6 Å². The molecular weight excluding hydrogens is 290 g/mol. The van der Waals surface area contributed by atoms with Crippen molar-refractivity contribution in [3.05, 3.63) is 11.5 Å². The second-order valence-corrected chi connectivity index (χ2v) is 5.37. The number of alkyl halides is 1. The molecule has 7 heteroatoms. The van der Waals surface area contributed by atoms with Crippen LogP contribution in [0.1, 0.15) is 38.3 Å². The second-order valence-electron chi connectivity index (χ2n) is 5.10. The summed E-state index contributed by atoms with van der Waals surface area (Å²) in [6, 6.07) is -0.349. The van der Waals surface area contributed by atoms with Gasteiger partial charge in [0, 0.05) is 20.1 Å². The van der Waals surface area contributed by atoms with Gasteiger partial charge in [0.1, 0.15) is 17.4 Å². The molecule has 0 radical (unpaired) electrons. The monoisotopic (exact) mass is 311 g/mol. The number of carbonyl (C=O) groups excluding carboxylic acids is 1. The first-order valence-corrected chi connectivity index (χ1v) is 7.74. The average molecular weight is 312 g/mol. The van der Waals surface area contributed by atoms with Crippen molar-refractivity contribution in [3.8, 4) is 0 Å². The number of nitrogens with zero attached hydrogens (tertiary/aromatic N) is 5. The first-order chi connectivity index (χ1) is 9.96. The van der Waals surface area contributed by atoms with E-state index < -0.39 is 0 Å². The van der Waals surface area contributed by atoms with Gasteiger partial charge in [0.25, 0.3) is 0 Å². The molecule has 0 spiro atoms. The molecule has 1 amide bonds. The van der Waals surface area contributed by atoms with Crippen LogP contribution in [-0.2, 0) is 17.7 Å². The highest BCUT2D eigenvalue weighted by Crippen LogP contribution is 2.25.